The van der Waals surface area contributed by atoms with Crippen molar-refractivity contribution in [1.82, 2.24) is 25.3 Å². The summed E-state index contributed by atoms with van der Waals surface area (Å²) in [5.41, 5.74) is 5.76. The second-order valence-corrected chi connectivity index (χ2v) is 2.86. The van der Waals surface area contributed by atoms with Crippen LogP contribution in [0.1, 0.15) is 5.82 Å². The van der Waals surface area contributed by atoms with Crippen LogP contribution in [0.4, 0.5) is 5.95 Å². The Bertz CT molecular complexity index is 512. The molecule has 0 aliphatic carbocycles. The number of hydrogen-bond acceptors (Lipinski definition) is 5. The highest BCUT2D eigenvalue weighted by Crippen LogP contribution is 2.03. The van der Waals surface area contributed by atoms with Gasteiger partial charge in [-0.2, -0.15) is 4.98 Å². The summed E-state index contributed by atoms with van der Waals surface area (Å²) < 4.78 is 0. The van der Waals surface area contributed by atoms with E-state index in [9.17, 15) is 4.79 Å². The third-order valence-corrected chi connectivity index (χ3v) is 1.77. The average molecular weight is 194 g/mol. The summed E-state index contributed by atoms with van der Waals surface area (Å²) in [6.45, 7) is 0.551. The van der Waals surface area contributed by atoms with Gasteiger partial charge in [-0.15, -0.1) is 0 Å². The molecule has 7 nitrogen and oxygen atoms in total. The van der Waals surface area contributed by atoms with Crippen molar-refractivity contribution in [1.29, 1.82) is 0 Å². The lowest BCUT2D eigenvalue weighted by atomic mass is 10.5. The lowest BCUT2D eigenvalue weighted by Gasteiger charge is -1.89. The van der Waals surface area contributed by atoms with E-state index in [0.717, 1.165) is 0 Å². The smallest absolute Gasteiger partial charge is 0.278 e. The molecule has 0 amide bonds. The largest absolute Gasteiger partial charge is 0.369 e. The van der Waals surface area contributed by atoms with Crippen molar-refractivity contribution >= 4 is 17.1 Å². The van der Waals surface area contributed by atoms with Gasteiger partial charge in [-0.05, 0) is 7.05 Å². The van der Waals surface area contributed by atoms with E-state index in [0.29, 0.717) is 23.5 Å². The molecule has 0 saturated carbocycles. The first-order valence-electron chi connectivity index (χ1n) is 4.09. The molecule has 2 aromatic heterocycles. The zero-order valence-corrected chi connectivity index (χ0v) is 7.59. The van der Waals surface area contributed by atoms with Gasteiger partial charge in [-0.1, -0.05) is 0 Å². The van der Waals surface area contributed by atoms with Crippen molar-refractivity contribution < 1.29 is 0 Å². The fourth-order valence-corrected chi connectivity index (χ4v) is 1.22. The maximum absolute atomic E-state index is 11.3. The SMILES string of the molecule is CNCc1nc2nc(N)[nH]c(=O)c2[nH]1. The minimum atomic E-state index is -0.303. The molecule has 0 fully saturated rings. The van der Waals surface area contributed by atoms with E-state index in [2.05, 4.69) is 25.3 Å². The molecule has 0 atom stereocenters. The van der Waals surface area contributed by atoms with Gasteiger partial charge in [0.25, 0.3) is 5.56 Å². The Morgan fingerprint density at radius 3 is 2.93 bits per heavy atom. The van der Waals surface area contributed by atoms with Crippen molar-refractivity contribution in [3.8, 4) is 0 Å². The molecule has 0 radical (unpaired) electrons. The lowest BCUT2D eigenvalue weighted by molar-refractivity contribution is 0.774. The first-order valence-corrected chi connectivity index (χ1v) is 4.09. The van der Waals surface area contributed by atoms with Crippen LogP contribution in [-0.4, -0.2) is 27.0 Å². The molecule has 5 N–H and O–H groups in total. The summed E-state index contributed by atoms with van der Waals surface area (Å²) in [7, 11) is 1.79. The molecular weight excluding hydrogens is 184 g/mol. The minimum absolute atomic E-state index is 0.0741. The third kappa shape index (κ3) is 1.33. The van der Waals surface area contributed by atoms with E-state index in [1.165, 1.54) is 0 Å². The van der Waals surface area contributed by atoms with Crippen LogP contribution in [0, 0.1) is 0 Å². The number of nitrogen functional groups attached to an aromatic ring is 1. The van der Waals surface area contributed by atoms with Gasteiger partial charge < -0.3 is 16.0 Å². The number of nitrogens with one attached hydrogen (secondary N) is 3. The van der Waals surface area contributed by atoms with Gasteiger partial charge in [0.05, 0.1) is 6.54 Å². The van der Waals surface area contributed by atoms with Crippen LogP contribution in [-0.2, 0) is 6.54 Å². The van der Waals surface area contributed by atoms with Crippen LogP contribution >= 0.6 is 0 Å². The summed E-state index contributed by atoms with van der Waals surface area (Å²) in [5.74, 6) is 0.733. The van der Waals surface area contributed by atoms with Gasteiger partial charge in [0.15, 0.2) is 11.2 Å². The van der Waals surface area contributed by atoms with Crippen molar-refractivity contribution in [2.45, 2.75) is 6.54 Å². The number of fused-ring (bicyclic) bond motifs is 1. The lowest BCUT2D eigenvalue weighted by Crippen LogP contribution is -2.11. The van der Waals surface area contributed by atoms with Crippen molar-refractivity contribution in [3.05, 3.63) is 16.2 Å². The number of hydrogen-bond donors (Lipinski definition) is 4. The molecule has 0 saturated heterocycles. The van der Waals surface area contributed by atoms with Gasteiger partial charge in [0.2, 0.25) is 5.95 Å². The molecule has 14 heavy (non-hydrogen) atoms. The molecule has 0 bridgehead atoms. The van der Waals surface area contributed by atoms with E-state index >= 15 is 0 Å². The van der Waals surface area contributed by atoms with Gasteiger partial charge in [0.1, 0.15) is 5.82 Å². The number of aromatic amines is 2. The van der Waals surface area contributed by atoms with E-state index in [1.54, 1.807) is 7.05 Å². The third-order valence-electron chi connectivity index (χ3n) is 1.77. The van der Waals surface area contributed by atoms with Gasteiger partial charge in [0, 0.05) is 0 Å². The Morgan fingerprint density at radius 1 is 1.43 bits per heavy atom. The van der Waals surface area contributed by atoms with Crippen LogP contribution in [0.25, 0.3) is 11.2 Å². The Morgan fingerprint density at radius 2 is 2.21 bits per heavy atom. The van der Waals surface area contributed by atoms with E-state index in [-0.39, 0.29) is 11.5 Å². The molecule has 0 aromatic carbocycles. The monoisotopic (exact) mass is 194 g/mol. The van der Waals surface area contributed by atoms with Gasteiger partial charge >= 0.3 is 0 Å². The fraction of sp³-hybridized carbons (Fsp3) is 0.286. The summed E-state index contributed by atoms with van der Waals surface area (Å²) in [6.07, 6.45) is 0. The van der Waals surface area contributed by atoms with Gasteiger partial charge in [-0.25, -0.2) is 4.98 Å². The first-order chi connectivity index (χ1) is 6.70. The molecule has 0 aliphatic heterocycles. The Labute approximate surface area is 78.8 Å². The highest BCUT2D eigenvalue weighted by Gasteiger charge is 2.07. The molecule has 0 aliphatic rings. The normalized spacial score (nSPS) is 10.9. The maximum Gasteiger partial charge on any atom is 0.278 e. The highest BCUT2D eigenvalue weighted by atomic mass is 16.1. The van der Waals surface area contributed by atoms with Crippen LogP contribution in [0.5, 0.6) is 0 Å². The number of imidazole rings is 1. The van der Waals surface area contributed by atoms with E-state index in [1.807, 2.05) is 0 Å². The molecule has 0 spiro atoms. The Balaban J connectivity index is 2.65. The molecular formula is C7H10N6O. The summed E-state index contributed by atoms with van der Waals surface area (Å²) in [5, 5.41) is 2.91. The molecule has 0 unspecified atom stereocenters. The van der Waals surface area contributed by atoms with Crippen LogP contribution in [0.2, 0.25) is 0 Å². The summed E-state index contributed by atoms with van der Waals surface area (Å²) >= 11 is 0. The minimum Gasteiger partial charge on any atom is -0.369 e. The van der Waals surface area contributed by atoms with Crippen LogP contribution in [0.15, 0.2) is 4.79 Å². The second kappa shape index (κ2) is 3.11. The number of aromatic nitrogens is 4. The molecule has 7 heteroatoms. The maximum atomic E-state index is 11.3. The quantitative estimate of drug-likeness (QED) is 0.487. The van der Waals surface area contributed by atoms with Crippen LogP contribution < -0.4 is 16.6 Å². The molecule has 2 heterocycles. The standard InChI is InChI=1S/C7H10N6O/c1-9-2-3-10-4-5(11-3)12-7(8)13-6(4)14/h9H,2H2,1H3,(H4,8,10,11,12,13,14). The fourth-order valence-electron chi connectivity index (χ4n) is 1.22. The van der Waals surface area contributed by atoms with Crippen LogP contribution in [0.3, 0.4) is 0 Å². The zero-order valence-electron chi connectivity index (χ0n) is 7.59. The van der Waals surface area contributed by atoms with Crippen molar-refractivity contribution in [2.24, 2.45) is 0 Å². The van der Waals surface area contributed by atoms with Crippen molar-refractivity contribution in [2.75, 3.05) is 12.8 Å². The first kappa shape index (κ1) is 8.70. The summed E-state index contributed by atoms with van der Waals surface area (Å²) in [6, 6.07) is 0. The number of nitrogens with two attached hydrogens (primary N) is 1. The number of rotatable bonds is 2. The number of H-pyrrole nitrogens is 2. The molecule has 2 aromatic rings. The molecule has 74 valence electrons. The number of nitrogens with zero attached hydrogens (tertiary/aromatic N) is 2. The predicted molar refractivity (Wildman–Crippen MR) is 51.7 cm³/mol. The zero-order chi connectivity index (χ0) is 10.1. The van der Waals surface area contributed by atoms with Crippen molar-refractivity contribution in [3.63, 3.8) is 0 Å². The highest BCUT2D eigenvalue weighted by molar-refractivity contribution is 5.70. The topological polar surface area (TPSA) is 112 Å². The Kier molecular flexibility index (Phi) is 1.93. The Hall–Kier alpha value is -1.89. The van der Waals surface area contributed by atoms with E-state index < -0.39 is 0 Å². The summed E-state index contributed by atoms with van der Waals surface area (Å²) in [4.78, 5) is 24.6. The van der Waals surface area contributed by atoms with Gasteiger partial charge in [-0.3, -0.25) is 9.78 Å². The predicted octanol–water partition coefficient (Wildman–Crippen LogP) is -1.05. The molecule has 2 rings (SSSR count). The van der Waals surface area contributed by atoms with E-state index in [4.69, 9.17) is 5.73 Å². The number of anilines is 1. The second-order valence-electron chi connectivity index (χ2n) is 2.86. The average Bonchev–Trinajstić information content (AvgIpc) is 2.48.